The maximum Gasteiger partial charge on any atom is 0.339 e. The van der Waals surface area contributed by atoms with Gasteiger partial charge in [-0.3, -0.25) is 0 Å². The van der Waals surface area contributed by atoms with Crippen molar-refractivity contribution in [3.63, 3.8) is 0 Å². The molecule has 0 aliphatic rings. The van der Waals surface area contributed by atoms with Crippen LogP contribution in [0.15, 0.2) is 27.5 Å². The lowest BCUT2D eigenvalue weighted by Crippen LogP contribution is -2.09. The zero-order valence-electron chi connectivity index (χ0n) is 8.51. The molecule has 0 fully saturated rings. The number of nitrogens with zero attached hydrogens (tertiary/aromatic N) is 1. The van der Waals surface area contributed by atoms with E-state index in [1.165, 1.54) is 12.1 Å². The zero-order chi connectivity index (χ0) is 13.1. The predicted molar refractivity (Wildman–Crippen MR) is 58.1 cm³/mol. The first-order valence-corrected chi connectivity index (χ1v) is 5.96. The van der Waals surface area contributed by atoms with Crippen LogP contribution in [0.5, 0.6) is 0 Å². The summed E-state index contributed by atoms with van der Waals surface area (Å²) >= 11 is 5.61. The van der Waals surface area contributed by atoms with Crippen molar-refractivity contribution in [2.75, 3.05) is 7.11 Å². The van der Waals surface area contributed by atoms with Crippen LogP contribution in [0.4, 0.5) is 0 Å². The van der Waals surface area contributed by atoms with E-state index in [0.717, 1.165) is 19.3 Å². The number of carbonyl (C=O) groups is 1. The van der Waals surface area contributed by atoms with Crippen molar-refractivity contribution < 1.29 is 22.7 Å². The molecular formula is C9H6ClNO5S. The van der Waals surface area contributed by atoms with Crippen LogP contribution in [0.25, 0.3) is 0 Å². The van der Waals surface area contributed by atoms with Crippen LogP contribution in [0, 0.1) is 0 Å². The average Bonchev–Trinajstić information content (AvgIpc) is 2.28. The summed E-state index contributed by atoms with van der Waals surface area (Å²) < 4.78 is 30.1. The Balaban J connectivity index is 3.56. The zero-order valence-corrected chi connectivity index (χ0v) is 10.1. The van der Waals surface area contributed by atoms with E-state index >= 15 is 0 Å². The van der Waals surface area contributed by atoms with Gasteiger partial charge in [0.15, 0.2) is 0 Å². The van der Waals surface area contributed by atoms with Gasteiger partial charge in [0.05, 0.1) is 12.7 Å². The summed E-state index contributed by atoms with van der Waals surface area (Å²) in [5, 5.41) is 0.0809. The van der Waals surface area contributed by atoms with E-state index in [1.807, 2.05) is 0 Å². The number of hydrogen-bond acceptors (Lipinski definition) is 5. The summed E-state index contributed by atoms with van der Waals surface area (Å²) in [6.07, 6.45) is 0.902. The van der Waals surface area contributed by atoms with Gasteiger partial charge in [-0.2, -0.15) is 8.42 Å². The van der Waals surface area contributed by atoms with E-state index < -0.39 is 20.9 Å². The number of carbonyl (C=O) groups excluding carboxylic acids is 2. The minimum absolute atomic E-state index is 0.0809. The number of halogens is 1. The van der Waals surface area contributed by atoms with E-state index in [1.54, 1.807) is 0 Å². The first-order chi connectivity index (χ1) is 7.92. The smallest absolute Gasteiger partial charge is 0.339 e. The molecule has 0 aliphatic heterocycles. The van der Waals surface area contributed by atoms with E-state index in [-0.39, 0.29) is 10.6 Å². The molecule has 0 spiro atoms. The van der Waals surface area contributed by atoms with E-state index in [9.17, 15) is 18.0 Å². The number of hydrogen-bond donors (Lipinski definition) is 0. The predicted octanol–water partition coefficient (Wildman–Crippen LogP) is 1.15. The third kappa shape index (κ3) is 2.91. The molecule has 0 aromatic heterocycles. The Morgan fingerprint density at radius 1 is 1.47 bits per heavy atom. The normalized spacial score (nSPS) is 10.5. The molecule has 90 valence electrons. The van der Waals surface area contributed by atoms with Crippen LogP contribution in [-0.4, -0.2) is 27.6 Å². The van der Waals surface area contributed by atoms with Crippen LogP contribution in [0.1, 0.15) is 10.4 Å². The third-order valence-electron chi connectivity index (χ3n) is 1.78. The van der Waals surface area contributed by atoms with Crippen molar-refractivity contribution in [2.45, 2.75) is 4.90 Å². The maximum absolute atomic E-state index is 11.5. The molecule has 1 aromatic carbocycles. The molecule has 0 bridgehead atoms. The molecule has 1 aromatic rings. The molecular weight excluding hydrogens is 270 g/mol. The van der Waals surface area contributed by atoms with E-state index in [0.29, 0.717) is 0 Å². The van der Waals surface area contributed by atoms with Crippen LogP contribution >= 0.6 is 11.6 Å². The minimum Gasteiger partial charge on any atom is -0.465 e. The lowest BCUT2D eigenvalue weighted by molar-refractivity contribution is 0.0596. The Morgan fingerprint density at radius 3 is 2.65 bits per heavy atom. The number of ether oxygens (including phenoxy) is 1. The van der Waals surface area contributed by atoms with Gasteiger partial charge in [-0.25, -0.2) is 9.59 Å². The van der Waals surface area contributed by atoms with Gasteiger partial charge in [0.2, 0.25) is 0 Å². The summed E-state index contributed by atoms with van der Waals surface area (Å²) in [5.41, 5.74) is -0.254. The quantitative estimate of drug-likeness (QED) is 0.469. The van der Waals surface area contributed by atoms with E-state index in [2.05, 4.69) is 9.13 Å². The highest BCUT2D eigenvalue weighted by Crippen LogP contribution is 2.23. The first kappa shape index (κ1) is 13.4. The Bertz CT molecular complexity index is 604. The number of sulfonamides is 1. The molecule has 0 unspecified atom stereocenters. The van der Waals surface area contributed by atoms with Crippen molar-refractivity contribution in [3.05, 3.63) is 28.8 Å². The fraction of sp³-hybridized carbons (Fsp3) is 0.111. The Hall–Kier alpha value is -1.69. The van der Waals surface area contributed by atoms with Gasteiger partial charge in [-0.15, -0.1) is 0 Å². The van der Waals surface area contributed by atoms with Crippen molar-refractivity contribution in [2.24, 2.45) is 4.40 Å². The lowest BCUT2D eigenvalue weighted by Gasteiger charge is -2.05. The molecule has 0 aliphatic carbocycles. The van der Waals surface area contributed by atoms with Gasteiger partial charge in [-0.1, -0.05) is 16.0 Å². The molecule has 0 N–H and O–H groups in total. The molecule has 0 heterocycles. The second kappa shape index (κ2) is 5.09. The van der Waals surface area contributed by atoms with Gasteiger partial charge in [0.25, 0.3) is 16.1 Å². The highest BCUT2D eigenvalue weighted by molar-refractivity contribution is 7.90. The topological polar surface area (TPSA) is 89.9 Å². The molecule has 0 saturated heterocycles. The lowest BCUT2D eigenvalue weighted by atomic mass is 10.2. The number of isocyanates is 1. The van der Waals surface area contributed by atoms with Crippen LogP contribution < -0.4 is 0 Å². The van der Waals surface area contributed by atoms with Crippen molar-refractivity contribution in [1.29, 1.82) is 0 Å². The Kier molecular flexibility index (Phi) is 4.01. The molecule has 8 heteroatoms. The highest BCUT2D eigenvalue weighted by atomic mass is 35.5. The van der Waals surface area contributed by atoms with Gasteiger partial charge in [0, 0.05) is 5.02 Å². The molecule has 1 rings (SSSR count). The largest absolute Gasteiger partial charge is 0.465 e. The SMILES string of the molecule is COC(=O)c1ccc(Cl)cc1S(=O)(=O)N=C=O. The second-order valence-corrected chi connectivity index (χ2v) is 4.80. The van der Waals surface area contributed by atoms with Crippen LogP contribution in [-0.2, 0) is 19.6 Å². The summed E-state index contributed by atoms with van der Waals surface area (Å²) in [6, 6.07) is 3.49. The summed E-state index contributed by atoms with van der Waals surface area (Å²) in [7, 11) is -3.21. The maximum atomic E-state index is 11.5. The number of methoxy groups -OCH3 is 1. The minimum atomic E-state index is -4.30. The Labute approximate surface area is 102 Å². The summed E-state index contributed by atoms with van der Waals surface area (Å²) in [5.74, 6) is -0.874. The second-order valence-electron chi connectivity index (χ2n) is 2.79. The first-order valence-electron chi connectivity index (χ1n) is 4.14. The fourth-order valence-electron chi connectivity index (χ4n) is 1.09. The molecule has 0 atom stereocenters. The standard InChI is InChI=1S/C9H6ClNO5S/c1-16-9(13)7-3-2-6(10)4-8(7)17(14,15)11-5-12/h2-4H,1H3. The average molecular weight is 276 g/mol. The van der Waals surface area contributed by atoms with Crippen molar-refractivity contribution in [3.8, 4) is 0 Å². The molecule has 0 amide bonds. The summed E-state index contributed by atoms with van der Waals surface area (Å²) in [6.45, 7) is 0. The molecule has 17 heavy (non-hydrogen) atoms. The fourth-order valence-corrected chi connectivity index (χ4v) is 2.22. The van der Waals surface area contributed by atoms with Gasteiger partial charge < -0.3 is 4.74 Å². The number of rotatable bonds is 3. The van der Waals surface area contributed by atoms with Crippen LogP contribution in [0.3, 0.4) is 0 Å². The Morgan fingerprint density at radius 2 is 2.12 bits per heavy atom. The van der Waals surface area contributed by atoms with Crippen molar-refractivity contribution in [1.82, 2.24) is 0 Å². The van der Waals surface area contributed by atoms with Gasteiger partial charge >= 0.3 is 5.97 Å². The summed E-state index contributed by atoms with van der Waals surface area (Å²) in [4.78, 5) is 20.8. The van der Waals surface area contributed by atoms with Gasteiger partial charge in [0.1, 0.15) is 4.90 Å². The third-order valence-corrected chi connectivity index (χ3v) is 3.23. The van der Waals surface area contributed by atoms with Crippen LogP contribution in [0.2, 0.25) is 5.02 Å². The highest BCUT2D eigenvalue weighted by Gasteiger charge is 2.23. The number of esters is 1. The molecule has 0 saturated carbocycles. The van der Waals surface area contributed by atoms with Crippen molar-refractivity contribution >= 4 is 33.7 Å². The molecule has 0 radical (unpaired) electrons. The number of benzene rings is 1. The molecule has 6 nitrogen and oxygen atoms in total. The monoisotopic (exact) mass is 275 g/mol. The van der Waals surface area contributed by atoms with Gasteiger partial charge in [-0.05, 0) is 18.2 Å². The van der Waals surface area contributed by atoms with E-state index in [4.69, 9.17) is 11.6 Å².